The molecule has 2 aromatic rings. The quantitative estimate of drug-likeness (QED) is 0.485. The lowest BCUT2D eigenvalue weighted by Crippen LogP contribution is -2.44. The van der Waals surface area contributed by atoms with Gasteiger partial charge in [-0.2, -0.15) is 0 Å². The molecule has 0 aromatic heterocycles. The van der Waals surface area contributed by atoms with E-state index in [1.54, 1.807) is 42.5 Å². The number of carbonyl (C=O) groups is 3. The molecule has 2 amide bonds. The molecule has 2 aromatic carbocycles. The van der Waals surface area contributed by atoms with E-state index in [0.717, 1.165) is 17.6 Å². The van der Waals surface area contributed by atoms with E-state index < -0.39 is 29.6 Å². The van der Waals surface area contributed by atoms with Crippen LogP contribution in [-0.4, -0.2) is 42.6 Å². The predicted molar refractivity (Wildman–Crippen MR) is 117 cm³/mol. The number of hydrogen-bond donors (Lipinski definition) is 2. The number of rotatable bonds is 7. The zero-order chi connectivity index (χ0) is 22.5. The number of esters is 1. The number of nitrogens with zero attached hydrogens (tertiary/aromatic N) is 1. The molecule has 9 heteroatoms. The first-order chi connectivity index (χ1) is 14.8. The lowest BCUT2D eigenvalue weighted by molar-refractivity contribution is -0.142. The Morgan fingerprint density at radius 3 is 2.48 bits per heavy atom. The first-order valence-corrected chi connectivity index (χ1v) is 10.2. The molecule has 0 bridgehead atoms. The largest absolute Gasteiger partial charge is 0.503 e. The van der Waals surface area contributed by atoms with Crippen molar-refractivity contribution in [3.05, 3.63) is 75.5 Å². The Balaban J connectivity index is 1.71. The monoisotopic (exact) mass is 462 g/mol. The van der Waals surface area contributed by atoms with Crippen LogP contribution in [0.15, 0.2) is 59.9 Å². The Morgan fingerprint density at radius 2 is 1.84 bits per heavy atom. The van der Waals surface area contributed by atoms with Gasteiger partial charge in [-0.1, -0.05) is 47.5 Å². The second-order valence-electron chi connectivity index (χ2n) is 6.81. The summed E-state index contributed by atoms with van der Waals surface area (Å²) in [7, 11) is 1.15. The summed E-state index contributed by atoms with van der Waals surface area (Å²) < 4.78 is 4.79. The topological polar surface area (TPSA) is 95.9 Å². The van der Waals surface area contributed by atoms with Crippen molar-refractivity contribution in [3.63, 3.8) is 0 Å². The van der Waals surface area contributed by atoms with Gasteiger partial charge in [0.15, 0.2) is 11.8 Å². The summed E-state index contributed by atoms with van der Waals surface area (Å²) in [6.45, 7) is 0.253. The van der Waals surface area contributed by atoms with E-state index in [1.807, 2.05) is 6.07 Å². The van der Waals surface area contributed by atoms with Gasteiger partial charge in [-0.3, -0.25) is 14.5 Å². The summed E-state index contributed by atoms with van der Waals surface area (Å²) >= 11 is 11.9. The summed E-state index contributed by atoms with van der Waals surface area (Å²) in [5, 5.41) is 13.9. The van der Waals surface area contributed by atoms with Crippen LogP contribution in [0.1, 0.15) is 12.0 Å². The Kier molecular flexibility index (Phi) is 7.20. The molecule has 0 aliphatic carbocycles. The Labute approximate surface area is 189 Å². The normalized spacial score (nSPS) is 15.9. The first kappa shape index (κ1) is 22.7. The number of carbonyl (C=O) groups excluding carboxylic acids is 3. The van der Waals surface area contributed by atoms with E-state index in [-0.39, 0.29) is 12.1 Å². The molecule has 1 aliphatic rings. The third kappa shape index (κ3) is 4.84. The maximum absolute atomic E-state index is 12.8. The molecule has 162 valence electrons. The van der Waals surface area contributed by atoms with Crippen LogP contribution >= 0.6 is 23.2 Å². The van der Waals surface area contributed by atoms with Crippen molar-refractivity contribution in [2.45, 2.75) is 18.9 Å². The molecule has 0 radical (unpaired) electrons. The molecule has 0 saturated heterocycles. The van der Waals surface area contributed by atoms with Gasteiger partial charge in [-0.15, -0.1) is 0 Å². The van der Waals surface area contributed by atoms with Crippen LogP contribution in [0.4, 0.5) is 5.69 Å². The highest BCUT2D eigenvalue weighted by Crippen LogP contribution is 2.31. The molecular weight excluding hydrogens is 443 g/mol. The van der Waals surface area contributed by atoms with Gasteiger partial charge in [0, 0.05) is 12.2 Å². The van der Waals surface area contributed by atoms with Gasteiger partial charge in [0.25, 0.3) is 11.8 Å². The summed E-state index contributed by atoms with van der Waals surface area (Å²) in [6.07, 6.45) is 1.19. The van der Waals surface area contributed by atoms with E-state index in [4.69, 9.17) is 27.9 Å². The van der Waals surface area contributed by atoms with Gasteiger partial charge in [0.1, 0.15) is 0 Å². The fourth-order valence-electron chi connectivity index (χ4n) is 3.31. The van der Waals surface area contributed by atoms with E-state index in [1.165, 1.54) is 0 Å². The van der Waals surface area contributed by atoms with Crippen molar-refractivity contribution < 1.29 is 24.2 Å². The number of amides is 2. The van der Waals surface area contributed by atoms with Gasteiger partial charge in [-0.05, 0) is 42.7 Å². The van der Waals surface area contributed by atoms with Crippen LogP contribution < -0.4 is 10.2 Å². The lowest BCUT2D eigenvalue weighted by Gasteiger charge is -2.24. The van der Waals surface area contributed by atoms with E-state index >= 15 is 0 Å². The zero-order valence-electron chi connectivity index (χ0n) is 16.6. The molecule has 0 saturated carbocycles. The highest BCUT2D eigenvalue weighted by atomic mass is 35.5. The first-order valence-electron chi connectivity index (χ1n) is 9.46. The standard InChI is InChI=1S/C22H20Cl2N2O5/c1-31-22(30)18-17(19(27)21(29)26(18)14-7-3-2-4-8-14)20(28)25-11-5-6-13-9-10-15(23)16(24)12-13/h2-4,7-10,12,18,27H,5-6,11H2,1H3,(H,25,28). The average Bonchev–Trinajstić information content (AvgIpc) is 3.04. The lowest BCUT2D eigenvalue weighted by atomic mass is 10.1. The Morgan fingerprint density at radius 1 is 1.13 bits per heavy atom. The molecule has 1 atom stereocenters. The number of aliphatic hydroxyl groups is 1. The number of anilines is 1. The fraction of sp³-hybridized carbons (Fsp3) is 0.227. The maximum atomic E-state index is 12.8. The van der Waals surface area contributed by atoms with Crippen LogP contribution in [0.3, 0.4) is 0 Å². The molecule has 7 nitrogen and oxygen atoms in total. The summed E-state index contributed by atoms with van der Waals surface area (Å²) in [5.74, 6) is -3.17. The molecule has 1 aliphatic heterocycles. The van der Waals surface area contributed by atoms with Crippen molar-refractivity contribution in [2.75, 3.05) is 18.6 Å². The SMILES string of the molecule is COC(=O)C1C(C(=O)NCCCc2ccc(Cl)c(Cl)c2)=C(O)C(=O)N1c1ccccc1. The minimum Gasteiger partial charge on any atom is -0.503 e. The molecule has 3 rings (SSSR count). The van der Waals surface area contributed by atoms with Gasteiger partial charge < -0.3 is 15.2 Å². The second kappa shape index (κ2) is 9.85. The summed E-state index contributed by atoms with van der Waals surface area (Å²) in [5.41, 5.74) is 0.969. The maximum Gasteiger partial charge on any atom is 0.334 e. The van der Waals surface area contributed by atoms with Gasteiger partial charge >= 0.3 is 5.97 Å². The molecule has 2 N–H and O–H groups in total. The molecular formula is C22H20Cl2N2O5. The molecule has 0 spiro atoms. The average molecular weight is 463 g/mol. The van der Waals surface area contributed by atoms with Crippen LogP contribution in [0.5, 0.6) is 0 Å². The van der Waals surface area contributed by atoms with E-state index in [9.17, 15) is 19.5 Å². The third-order valence-electron chi connectivity index (χ3n) is 4.82. The number of halogens is 2. The number of benzene rings is 2. The van der Waals surface area contributed by atoms with E-state index in [2.05, 4.69) is 5.32 Å². The van der Waals surface area contributed by atoms with Crippen LogP contribution in [-0.2, 0) is 25.5 Å². The van der Waals surface area contributed by atoms with Gasteiger partial charge in [0.05, 0.1) is 22.7 Å². The van der Waals surface area contributed by atoms with Crippen LogP contribution in [0.25, 0.3) is 0 Å². The number of ether oxygens (including phenoxy) is 1. The molecule has 1 heterocycles. The molecule has 0 fully saturated rings. The Bertz CT molecular complexity index is 1040. The number of hydrogen-bond acceptors (Lipinski definition) is 5. The second-order valence-corrected chi connectivity index (χ2v) is 7.62. The highest BCUT2D eigenvalue weighted by molar-refractivity contribution is 6.42. The van der Waals surface area contributed by atoms with Crippen molar-refractivity contribution in [1.29, 1.82) is 0 Å². The van der Waals surface area contributed by atoms with Crippen LogP contribution in [0, 0.1) is 0 Å². The number of para-hydroxylation sites is 1. The Hall–Kier alpha value is -3.03. The minimum absolute atomic E-state index is 0.253. The summed E-state index contributed by atoms with van der Waals surface area (Å²) in [6, 6.07) is 12.2. The van der Waals surface area contributed by atoms with Gasteiger partial charge in [-0.25, -0.2) is 4.79 Å². The summed E-state index contributed by atoms with van der Waals surface area (Å²) in [4.78, 5) is 38.9. The molecule has 1 unspecified atom stereocenters. The number of aryl methyl sites for hydroxylation is 1. The minimum atomic E-state index is -1.38. The number of aliphatic hydroxyl groups excluding tert-OH is 1. The smallest absolute Gasteiger partial charge is 0.334 e. The predicted octanol–water partition coefficient (Wildman–Crippen LogP) is 3.44. The third-order valence-corrected chi connectivity index (χ3v) is 5.56. The zero-order valence-corrected chi connectivity index (χ0v) is 18.1. The van der Waals surface area contributed by atoms with Crippen molar-refractivity contribution in [3.8, 4) is 0 Å². The van der Waals surface area contributed by atoms with Crippen molar-refractivity contribution in [1.82, 2.24) is 5.32 Å². The van der Waals surface area contributed by atoms with E-state index in [0.29, 0.717) is 28.6 Å². The van der Waals surface area contributed by atoms with Gasteiger partial charge in [0.2, 0.25) is 0 Å². The van der Waals surface area contributed by atoms with Crippen molar-refractivity contribution in [2.24, 2.45) is 0 Å². The molecule has 31 heavy (non-hydrogen) atoms. The highest BCUT2D eigenvalue weighted by Gasteiger charge is 2.48. The number of methoxy groups -OCH3 is 1. The van der Waals surface area contributed by atoms with Crippen LogP contribution in [0.2, 0.25) is 10.0 Å². The number of nitrogens with one attached hydrogen (secondary N) is 1. The van der Waals surface area contributed by atoms with Crippen molar-refractivity contribution >= 4 is 46.7 Å². The fourth-order valence-corrected chi connectivity index (χ4v) is 3.63.